The summed E-state index contributed by atoms with van der Waals surface area (Å²) in [6.45, 7) is 0. The molecule has 0 saturated heterocycles. The average molecular weight is 290 g/mol. The Bertz CT molecular complexity index is 631. The van der Waals surface area contributed by atoms with E-state index in [4.69, 9.17) is 0 Å². The number of sulfonamides is 2. The molecule has 0 atom stereocenters. The first-order valence-corrected chi connectivity index (χ1v) is 9.05. The summed E-state index contributed by atoms with van der Waals surface area (Å²) in [5.74, 6) is 0.231. The summed E-state index contributed by atoms with van der Waals surface area (Å²) in [5, 5.41) is 0. The van der Waals surface area contributed by atoms with Gasteiger partial charge in [-0.15, -0.1) is 0 Å². The Balaban J connectivity index is 2.64. The summed E-state index contributed by atoms with van der Waals surface area (Å²) in [7, 11) is -7.80. The van der Waals surface area contributed by atoms with E-state index in [2.05, 4.69) is 4.98 Å². The van der Waals surface area contributed by atoms with Crippen LogP contribution in [0, 0.1) is 0 Å². The number of pyridine rings is 1. The minimum Gasteiger partial charge on any atom is -0.262 e. The van der Waals surface area contributed by atoms with Gasteiger partial charge in [0.05, 0.1) is 24.4 Å². The lowest BCUT2D eigenvalue weighted by molar-refractivity contribution is 0.590. The van der Waals surface area contributed by atoms with Crippen LogP contribution in [0.25, 0.3) is 0 Å². The van der Waals surface area contributed by atoms with Crippen LogP contribution < -0.4 is 3.71 Å². The van der Waals surface area contributed by atoms with Gasteiger partial charge in [-0.1, -0.05) is 0 Å². The zero-order valence-electron chi connectivity index (χ0n) is 10.1. The number of rotatable bonds is 4. The van der Waals surface area contributed by atoms with Crippen molar-refractivity contribution >= 4 is 25.7 Å². The molecule has 100 valence electrons. The number of aromatic nitrogens is 1. The van der Waals surface area contributed by atoms with Crippen LogP contribution in [0.3, 0.4) is 0 Å². The van der Waals surface area contributed by atoms with Gasteiger partial charge in [0.1, 0.15) is 0 Å². The minimum absolute atomic E-state index is 0.144. The van der Waals surface area contributed by atoms with Gasteiger partial charge in [-0.3, -0.25) is 4.98 Å². The van der Waals surface area contributed by atoms with Crippen LogP contribution in [0.15, 0.2) is 18.5 Å². The normalized spacial score (nSPS) is 16.6. The van der Waals surface area contributed by atoms with Crippen LogP contribution in [-0.2, 0) is 20.0 Å². The summed E-state index contributed by atoms with van der Waals surface area (Å²) >= 11 is 0. The molecule has 0 unspecified atom stereocenters. The van der Waals surface area contributed by atoms with Gasteiger partial charge in [-0.25, -0.2) is 16.8 Å². The smallest absolute Gasteiger partial charge is 0.245 e. The highest BCUT2D eigenvalue weighted by atomic mass is 32.3. The zero-order chi connectivity index (χ0) is 13.6. The van der Waals surface area contributed by atoms with Crippen molar-refractivity contribution in [3.63, 3.8) is 0 Å². The molecule has 0 aliphatic heterocycles. The van der Waals surface area contributed by atoms with Crippen molar-refractivity contribution in [2.24, 2.45) is 0 Å². The summed E-state index contributed by atoms with van der Waals surface area (Å²) in [6, 6.07) is 1.68. The molecule has 1 aromatic rings. The molecule has 0 radical (unpaired) electrons. The Labute approximate surface area is 107 Å². The third-order valence-corrected chi connectivity index (χ3v) is 5.87. The maximum Gasteiger partial charge on any atom is 0.245 e. The van der Waals surface area contributed by atoms with E-state index in [9.17, 15) is 16.8 Å². The summed E-state index contributed by atoms with van der Waals surface area (Å²) in [4.78, 5) is 3.83. The van der Waals surface area contributed by atoms with Gasteiger partial charge in [0.2, 0.25) is 20.0 Å². The molecule has 1 saturated carbocycles. The lowest BCUT2D eigenvalue weighted by Crippen LogP contribution is -2.36. The maximum absolute atomic E-state index is 11.7. The predicted octanol–water partition coefficient (Wildman–Crippen LogP) is 0.685. The van der Waals surface area contributed by atoms with E-state index < -0.39 is 20.0 Å². The van der Waals surface area contributed by atoms with Gasteiger partial charge >= 0.3 is 0 Å². The third kappa shape index (κ3) is 2.64. The first kappa shape index (κ1) is 13.3. The van der Waals surface area contributed by atoms with Crippen molar-refractivity contribution in [3.8, 4) is 0 Å². The Morgan fingerprint density at radius 3 is 2.17 bits per heavy atom. The van der Waals surface area contributed by atoms with Gasteiger partial charge in [-0.05, 0) is 30.4 Å². The highest BCUT2D eigenvalue weighted by Crippen LogP contribution is 2.44. The highest BCUT2D eigenvalue weighted by Gasteiger charge is 2.34. The van der Waals surface area contributed by atoms with Gasteiger partial charge in [0, 0.05) is 6.20 Å². The molecule has 0 spiro atoms. The van der Waals surface area contributed by atoms with Crippen LogP contribution in [-0.4, -0.2) is 34.3 Å². The fourth-order valence-electron chi connectivity index (χ4n) is 1.89. The van der Waals surface area contributed by atoms with Crippen molar-refractivity contribution in [2.45, 2.75) is 18.8 Å². The molecule has 2 rings (SSSR count). The first-order valence-electron chi connectivity index (χ1n) is 5.35. The Kier molecular flexibility index (Phi) is 3.10. The number of nitrogens with zero attached hydrogens (tertiary/aromatic N) is 2. The molecule has 0 N–H and O–H groups in total. The monoisotopic (exact) mass is 290 g/mol. The topological polar surface area (TPSA) is 84.4 Å². The van der Waals surface area contributed by atoms with Crippen molar-refractivity contribution in [1.82, 2.24) is 4.98 Å². The molecule has 1 fully saturated rings. The third-order valence-electron chi connectivity index (χ3n) is 2.65. The lowest BCUT2D eigenvalue weighted by atomic mass is 10.1. The number of hydrogen-bond donors (Lipinski definition) is 0. The van der Waals surface area contributed by atoms with Crippen molar-refractivity contribution in [2.75, 3.05) is 16.2 Å². The maximum atomic E-state index is 11.7. The molecular weight excluding hydrogens is 276 g/mol. The minimum atomic E-state index is -3.90. The van der Waals surface area contributed by atoms with Crippen LogP contribution in [0.2, 0.25) is 0 Å². The second kappa shape index (κ2) is 4.20. The fraction of sp³-hybridized carbons (Fsp3) is 0.500. The van der Waals surface area contributed by atoms with Crippen molar-refractivity contribution < 1.29 is 16.8 Å². The molecule has 1 aromatic heterocycles. The number of hydrogen-bond acceptors (Lipinski definition) is 5. The molecule has 1 heterocycles. The summed E-state index contributed by atoms with van der Waals surface area (Å²) in [6.07, 6.45) is 6.46. The molecule has 0 bridgehead atoms. The Morgan fingerprint density at radius 2 is 1.72 bits per heavy atom. The van der Waals surface area contributed by atoms with Gasteiger partial charge in [-0.2, -0.15) is 3.71 Å². The lowest BCUT2D eigenvalue weighted by Gasteiger charge is -2.21. The van der Waals surface area contributed by atoms with E-state index in [0.717, 1.165) is 30.9 Å². The number of anilines is 1. The zero-order valence-corrected chi connectivity index (χ0v) is 11.7. The van der Waals surface area contributed by atoms with Crippen LogP contribution in [0.4, 0.5) is 5.69 Å². The molecule has 8 heteroatoms. The molecular formula is C10H14N2O4S2. The van der Waals surface area contributed by atoms with Gasteiger partial charge in [0.25, 0.3) is 0 Å². The Morgan fingerprint density at radius 1 is 1.17 bits per heavy atom. The first-order chi connectivity index (χ1) is 8.21. The van der Waals surface area contributed by atoms with E-state index in [1.54, 1.807) is 12.3 Å². The van der Waals surface area contributed by atoms with Crippen LogP contribution >= 0.6 is 0 Å². The second-order valence-electron chi connectivity index (χ2n) is 4.43. The summed E-state index contributed by atoms with van der Waals surface area (Å²) in [5.41, 5.74) is 0.867. The molecule has 1 aliphatic carbocycles. The molecule has 0 aromatic carbocycles. The van der Waals surface area contributed by atoms with Crippen LogP contribution in [0.1, 0.15) is 24.3 Å². The SMILES string of the molecule is CS(=O)(=O)N(c1cnccc1C1CC1)S(C)(=O)=O. The molecule has 1 aliphatic rings. The quantitative estimate of drug-likeness (QED) is 0.814. The molecule has 0 amide bonds. The van der Waals surface area contributed by atoms with E-state index >= 15 is 0 Å². The largest absolute Gasteiger partial charge is 0.262 e. The predicted molar refractivity (Wildman–Crippen MR) is 68.4 cm³/mol. The highest BCUT2D eigenvalue weighted by molar-refractivity contribution is 8.09. The van der Waals surface area contributed by atoms with E-state index in [-0.39, 0.29) is 11.6 Å². The van der Waals surface area contributed by atoms with Crippen molar-refractivity contribution in [1.29, 1.82) is 0 Å². The van der Waals surface area contributed by atoms with Crippen LogP contribution in [0.5, 0.6) is 0 Å². The van der Waals surface area contributed by atoms with Crippen molar-refractivity contribution in [3.05, 3.63) is 24.0 Å². The molecule has 18 heavy (non-hydrogen) atoms. The van der Waals surface area contributed by atoms with Gasteiger partial charge in [0.15, 0.2) is 0 Å². The van der Waals surface area contributed by atoms with E-state index in [0.29, 0.717) is 3.71 Å². The molecule has 6 nitrogen and oxygen atoms in total. The average Bonchev–Trinajstić information content (AvgIpc) is 2.97. The Hall–Kier alpha value is -1.15. The fourth-order valence-corrected chi connectivity index (χ4v) is 4.88. The summed E-state index contributed by atoms with van der Waals surface area (Å²) < 4.78 is 47.2. The van der Waals surface area contributed by atoms with Gasteiger partial charge < -0.3 is 0 Å². The van der Waals surface area contributed by atoms with E-state index in [1.807, 2.05) is 0 Å². The second-order valence-corrected chi connectivity index (χ2v) is 8.33. The van der Waals surface area contributed by atoms with E-state index in [1.165, 1.54) is 6.20 Å². The standard InChI is InChI=1S/C10H14N2O4S2/c1-17(13,14)12(18(2,15)16)10-7-11-6-5-9(10)8-3-4-8/h5-8H,3-4H2,1-2H3.